The first kappa shape index (κ1) is 12.7. The van der Waals surface area contributed by atoms with Gasteiger partial charge in [0.1, 0.15) is 17.9 Å². The highest BCUT2D eigenvalue weighted by molar-refractivity contribution is 6.03. The predicted octanol–water partition coefficient (Wildman–Crippen LogP) is 2.51. The topological polar surface area (TPSA) is 79.5 Å². The fraction of sp³-hybridized carbons (Fsp3) is 0. The van der Waals surface area contributed by atoms with E-state index in [1.807, 2.05) is 0 Å². The van der Waals surface area contributed by atoms with Gasteiger partial charge in [0.25, 0.3) is 5.91 Å². The van der Waals surface area contributed by atoms with Crippen LogP contribution in [0.1, 0.15) is 20.9 Å². The molecule has 0 radical (unpaired) electrons. The van der Waals surface area contributed by atoms with Crippen LogP contribution in [0.3, 0.4) is 0 Å². The van der Waals surface area contributed by atoms with Crippen LogP contribution in [0, 0.1) is 11.6 Å². The molecule has 2 rings (SSSR count). The molecule has 19 heavy (non-hydrogen) atoms. The van der Waals surface area contributed by atoms with Crippen molar-refractivity contribution in [2.24, 2.45) is 0 Å². The molecule has 0 saturated carbocycles. The van der Waals surface area contributed by atoms with Gasteiger partial charge in [0.15, 0.2) is 5.76 Å². The Bertz CT molecular complexity index is 631. The highest BCUT2D eigenvalue weighted by Gasteiger charge is 2.15. The third-order valence-corrected chi connectivity index (χ3v) is 2.19. The predicted molar refractivity (Wildman–Crippen MR) is 60.0 cm³/mol. The van der Waals surface area contributed by atoms with Crippen molar-refractivity contribution in [3.05, 3.63) is 53.5 Å². The van der Waals surface area contributed by atoms with Gasteiger partial charge in [-0.2, -0.15) is 0 Å². The van der Waals surface area contributed by atoms with Crippen LogP contribution in [0.25, 0.3) is 0 Å². The molecule has 2 N–H and O–H groups in total. The van der Waals surface area contributed by atoms with Gasteiger partial charge in [-0.05, 0) is 12.1 Å². The highest BCUT2D eigenvalue weighted by Crippen LogP contribution is 2.15. The molecule has 7 heteroatoms. The van der Waals surface area contributed by atoms with Gasteiger partial charge in [-0.15, -0.1) is 0 Å². The molecule has 1 heterocycles. The quantitative estimate of drug-likeness (QED) is 0.895. The van der Waals surface area contributed by atoms with Crippen molar-refractivity contribution in [2.45, 2.75) is 0 Å². The summed E-state index contributed by atoms with van der Waals surface area (Å²) >= 11 is 0. The SMILES string of the molecule is O=C(O)c1coc(C(=O)Nc2cc(F)cc(F)c2)c1. The lowest BCUT2D eigenvalue weighted by Crippen LogP contribution is -2.11. The summed E-state index contributed by atoms with van der Waals surface area (Å²) in [5, 5.41) is 10.8. The first-order chi connectivity index (χ1) is 8.95. The molecule has 0 aliphatic rings. The average molecular weight is 267 g/mol. The fourth-order valence-electron chi connectivity index (χ4n) is 1.39. The third kappa shape index (κ3) is 2.95. The minimum absolute atomic E-state index is 0.101. The molecule has 5 nitrogen and oxygen atoms in total. The van der Waals surface area contributed by atoms with E-state index in [0.29, 0.717) is 6.07 Å². The van der Waals surface area contributed by atoms with Gasteiger partial charge in [0.2, 0.25) is 0 Å². The largest absolute Gasteiger partial charge is 0.478 e. The lowest BCUT2D eigenvalue weighted by atomic mass is 10.2. The second-order valence-corrected chi connectivity index (χ2v) is 3.62. The number of benzene rings is 1. The number of carbonyl (C=O) groups excluding carboxylic acids is 1. The highest BCUT2D eigenvalue weighted by atomic mass is 19.1. The molecule has 0 saturated heterocycles. The van der Waals surface area contributed by atoms with E-state index in [-0.39, 0.29) is 17.0 Å². The number of anilines is 1. The Morgan fingerprint density at radius 1 is 1.11 bits per heavy atom. The van der Waals surface area contributed by atoms with Crippen LogP contribution >= 0.6 is 0 Å². The number of furan rings is 1. The number of hydrogen-bond donors (Lipinski definition) is 2. The van der Waals surface area contributed by atoms with E-state index in [4.69, 9.17) is 9.52 Å². The van der Waals surface area contributed by atoms with Crippen molar-refractivity contribution in [2.75, 3.05) is 5.32 Å². The first-order valence-electron chi connectivity index (χ1n) is 5.05. The summed E-state index contributed by atoms with van der Waals surface area (Å²) in [6.07, 6.45) is 0.892. The number of carbonyl (C=O) groups is 2. The summed E-state index contributed by atoms with van der Waals surface area (Å²) < 4.78 is 30.5. The molecule has 1 amide bonds. The number of aromatic carboxylic acids is 1. The molecule has 1 aromatic heterocycles. The molecule has 98 valence electrons. The molecule has 2 aromatic rings. The Morgan fingerprint density at radius 3 is 2.26 bits per heavy atom. The van der Waals surface area contributed by atoms with Crippen LogP contribution < -0.4 is 5.32 Å². The summed E-state index contributed by atoms with van der Waals surface area (Å²) in [4.78, 5) is 22.2. The summed E-state index contributed by atoms with van der Waals surface area (Å²) in [6, 6.07) is 3.50. The fourth-order valence-corrected chi connectivity index (χ4v) is 1.39. The van der Waals surface area contributed by atoms with Crippen molar-refractivity contribution < 1.29 is 27.9 Å². The van der Waals surface area contributed by atoms with Gasteiger partial charge in [-0.1, -0.05) is 0 Å². The second-order valence-electron chi connectivity index (χ2n) is 3.62. The first-order valence-corrected chi connectivity index (χ1v) is 5.05. The van der Waals surface area contributed by atoms with Gasteiger partial charge < -0.3 is 14.8 Å². The number of hydrogen-bond acceptors (Lipinski definition) is 3. The van der Waals surface area contributed by atoms with E-state index in [0.717, 1.165) is 24.5 Å². The van der Waals surface area contributed by atoms with E-state index in [1.54, 1.807) is 0 Å². The molecule has 0 spiro atoms. The van der Waals surface area contributed by atoms with Crippen LogP contribution in [0.2, 0.25) is 0 Å². The molecule has 0 atom stereocenters. The van der Waals surface area contributed by atoms with Crippen molar-refractivity contribution in [3.63, 3.8) is 0 Å². The Kier molecular flexibility index (Phi) is 3.28. The molecular formula is C12H7F2NO4. The number of amides is 1. The zero-order valence-electron chi connectivity index (χ0n) is 9.31. The molecule has 0 fully saturated rings. The Hall–Kier alpha value is -2.70. The minimum atomic E-state index is -1.25. The number of carboxylic acid groups (broad SMARTS) is 1. The van der Waals surface area contributed by atoms with Gasteiger partial charge in [-0.25, -0.2) is 13.6 Å². The maximum Gasteiger partial charge on any atom is 0.338 e. The lowest BCUT2D eigenvalue weighted by Gasteiger charge is -2.03. The van der Waals surface area contributed by atoms with E-state index < -0.39 is 23.5 Å². The zero-order valence-corrected chi connectivity index (χ0v) is 9.31. The lowest BCUT2D eigenvalue weighted by molar-refractivity contribution is 0.0696. The summed E-state index contributed by atoms with van der Waals surface area (Å²) in [5.41, 5.74) is -0.300. The Labute approximate surface area is 105 Å². The van der Waals surface area contributed by atoms with Crippen molar-refractivity contribution in [1.82, 2.24) is 0 Å². The molecule has 0 unspecified atom stereocenters. The van der Waals surface area contributed by atoms with E-state index >= 15 is 0 Å². The van der Waals surface area contributed by atoms with E-state index in [1.165, 1.54) is 0 Å². The molecule has 0 aliphatic carbocycles. The van der Waals surface area contributed by atoms with Crippen LogP contribution in [-0.2, 0) is 0 Å². The monoisotopic (exact) mass is 267 g/mol. The molecular weight excluding hydrogens is 260 g/mol. The third-order valence-electron chi connectivity index (χ3n) is 2.19. The van der Waals surface area contributed by atoms with Crippen molar-refractivity contribution >= 4 is 17.6 Å². The second kappa shape index (κ2) is 4.89. The number of nitrogens with one attached hydrogen (secondary N) is 1. The maximum absolute atomic E-state index is 12.9. The van der Waals surface area contributed by atoms with Crippen LogP contribution in [0.4, 0.5) is 14.5 Å². The van der Waals surface area contributed by atoms with Gasteiger partial charge >= 0.3 is 5.97 Å². The number of rotatable bonds is 3. The Morgan fingerprint density at radius 2 is 1.74 bits per heavy atom. The van der Waals surface area contributed by atoms with E-state index in [9.17, 15) is 18.4 Å². The average Bonchev–Trinajstić information content (AvgIpc) is 2.76. The summed E-state index contributed by atoms with van der Waals surface area (Å²) in [6.45, 7) is 0. The van der Waals surface area contributed by atoms with Crippen molar-refractivity contribution in [1.29, 1.82) is 0 Å². The zero-order chi connectivity index (χ0) is 14.0. The smallest absolute Gasteiger partial charge is 0.338 e. The molecule has 0 aliphatic heterocycles. The summed E-state index contributed by atoms with van der Waals surface area (Å²) in [7, 11) is 0. The van der Waals surface area contributed by atoms with E-state index in [2.05, 4.69) is 5.32 Å². The normalized spacial score (nSPS) is 10.2. The maximum atomic E-state index is 12.9. The minimum Gasteiger partial charge on any atom is -0.478 e. The van der Waals surface area contributed by atoms with Gasteiger partial charge in [0.05, 0.1) is 5.56 Å². The molecule has 1 aromatic carbocycles. The van der Waals surface area contributed by atoms with Crippen molar-refractivity contribution in [3.8, 4) is 0 Å². The van der Waals surface area contributed by atoms with Crippen LogP contribution in [0.15, 0.2) is 34.9 Å². The number of carboxylic acids is 1. The summed E-state index contributed by atoms with van der Waals surface area (Å²) in [5.74, 6) is -4.03. The van der Waals surface area contributed by atoms with Gasteiger partial charge in [0, 0.05) is 17.8 Å². The number of halogens is 2. The van der Waals surface area contributed by atoms with Gasteiger partial charge in [-0.3, -0.25) is 4.79 Å². The Balaban J connectivity index is 2.18. The molecule has 0 bridgehead atoms. The van der Waals surface area contributed by atoms with Crippen LogP contribution in [-0.4, -0.2) is 17.0 Å². The van der Waals surface area contributed by atoms with Crippen LogP contribution in [0.5, 0.6) is 0 Å². The standard InChI is InChI=1S/C12H7F2NO4/c13-7-2-8(14)4-9(3-7)15-11(16)10-1-6(5-19-10)12(17)18/h1-5H,(H,15,16)(H,17,18).